The summed E-state index contributed by atoms with van der Waals surface area (Å²) < 4.78 is 10.9. The summed E-state index contributed by atoms with van der Waals surface area (Å²) in [6, 6.07) is 1.93. The van der Waals surface area contributed by atoms with Crippen molar-refractivity contribution in [3.05, 3.63) is 45.0 Å². The van der Waals surface area contributed by atoms with Crippen molar-refractivity contribution in [3.8, 4) is 0 Å². The number of rotatable bonds is 1. The Labute approximate surface area is 109 Å². The Balaban J connectivity index is 2.67. The van der Waals surface area contributed by atoms with Crippen LogP contribution in [-0.4, -0.2) is 0 Å². The van der Waals surface area contributed by atoms with Crippen molar-refractivity contribution in [2.24, 2.45) is 5.73 Å². The Morgan fingerprint density at radius 3 is 2.53 bits per heavy atom. The molecule has 3 aromatic rings. The van der Waals surface area contributed by atoms with Gasteiger partial charge in [-0.1, -0.05) is 0 Å². The molecule has 3 rings (SSSR count). The molecule has 0 bridgehead atoms. The third-order valence-electron chi connectivity index (χ3n) is 3.83. The number of benzene rings is 1. The molecule has 98 valence electrons. The maximum Gasteiger partial charge on any atom is 0.341 e. The van der Waals surface area contributed by atoms with Crippen LogP contribution < -0.4 is 11.4 Å². The lowest BCUT2D eigenvalue weighted by molar-refractivity contribution is 0.544. The molecule has 0 atom stereocenters. The summed E-state index contributed by atoms with van der Waals surface area (Å²) in [5.41, 5.74) is 10.00. The molecule has 0 aliphatic rings. The smallest absolute Gasteiger partial charge is 0.341 e. The molecule has 0 amide bonds. The van der Waals surface area contributed by atoms with Gasteiger partial charge in [0.2, 0.25) is 0 Å². The van der Waals surface area contributed by atoms with E-state index in [0.717, 1.165) is 33.0 Å². The number of aryl methyl sites for hydroxylation is 3. The van der Waals surface area contributed by atoms with Crippen LogP contribution in [0.2, 0.25) is 0 Å². The summed E-state index contributed by atoms with van der Waals surface area (Å²) in [5, 5.41) is 2.01. The zero-order valence-corrected chi connectivity index (χ0v) is 11.2. The fourth-order valence-electron chi connectivity index (χ4n) is 2.76. The fraction of sp³-hybridized carbons (Fsp3) is 0.267. The molecule has 0 fully saturated rings. The number of furan rings is 1. The molecule has 1 aromatic carbocycles. The summed E-state index contributed by atoms with van der Waals surface area (Å²) >= 11 is 0. The minimum absolute atomic E-state index is 0.187. The van der Waals surface area contributed by atoms with Gasteiger partial charge in [-0.25, -0.2) is 4.79 Å². The van der Waals surface area contributed by atoms with E-state index in [2.05, 4.69) is 0 Å². The van der Waals surface area contributed by atoms with E-state index >= 15 is 0 Å². The quantitative estimate of drug-likeness (QED) is 0.680. The molecule has 0 spiro atoms. The van der Waals surface area contributed by atoms with Gasteiger partial charge < -0.3 is 14.6 Å². The predicted octanol–water partition coefficient (Wildman–Crippen LogP) is 2.92. The number of nitrogens with two attached hydrogens (primary N) is 1. The minimum atomic E-state index is -0.360. The van der Waals surface area contributed by atoms with Crippen molar-refractivity contribution in [2.75, 3.05) is 0 Å². The molecule has 0 unspecified atom stereocenters. The zero-order chi connectivity index (χ0) is 13.7. The van der Waals surface area contributed by atoms with Crippen molar-refractivity contribution in [2.45, 2.75) is 27.3 Å². The molecule has 0 aliphatic heterocycles. The average Bonchev–Trinajstić information content (AvgIpc) is 2.85. The van der Waals surface area contributed by atoms with Crippen LogP contribution >= 0.6 is 0 Å². The van der Waals surface area contributed by atoms with Gasteiger partial charge in [-0.3, -0.25) is 0 Å². The van der Waals surface area contributed by atoms with Crippen LogP contribution in [0.15, 0.2) is 26.0 Å². The molecule has 4 heteroatoms. The minimum Gasteiger partial charge on any atom is -0.464 e. The van der Waals surface area contributed by atoms with Gasteiger partial charge in [0.15, 0.2) is 0 Å². The Morgan fingerprint density at radius 2 is 1.84 bits per heavy atom. The molecule has 19 heavy (non-hydrogen) atoms. The lowest BCUT2D eigenvalue weighted by Crippen LogP contribution is -2.15. The first-order valence-corrected chi connectivity index (χ1v) is 6.19. The molecule has 0 saturated heterocycles. The van der Waals surface area contributed by atoms with Gasteiger partial charge in [0.25, 0.3) is 0 Å². The standard InChI is InChI=1S/C15H15NO3/c1-7-10-4-5-18-13(10)9(3)14-12(7)8(2)11(6-16)15(17)19-14/h4-5H,6,16H2,1-3H3. The molecule has 0 radical (unpaired) electrons. The highest BCUT2D eigenvalue weighted by atomic mass is 16.4. The first-order valence-electron chi connectivity index (χ1n) is 6.19. The van der Waals surface area contributed by atoms with E-state index in [9.17, 15) is 4.79 Å². The van der Waals surface area contributed by atoms with E-state index in [0.29, 0.717) is 11.1 Å². The van der Waals surface area contributed by atoms with Crippen LogP contribution in [-0.2, 0) is 6.54 Å². The van der Waals surface area contributed by atoms with Crippen LogP contribution in [0.3, 0.4) is 0 Å². The third kappa shape index (κ3) is 1.47. The van der Waals surface area contributed by atoms with E-state index in [1.54, 1.807) is 6.26 Å². The predicted molar refractivity (Wildman–Crippen MR) is 74.4 cm³/mol. The number of hydrogen-bond acceptors (Lipinski definition) is 4. The lowest BCUT2D eigenvalue weighted by atomic mass is 9.96. The van der Waals surface area contributed by atoms with Crippen molar-refractivity contribution in [3.63, 3.8) is 0 Å². The van der Waals surface area contributed by atoms with E-state index in [-0.39, 0.29) is 12.2 Å². The van der Waals surface area contributed by atoms with Crippen LogP contribution in [0.5, 0.6) is 0 Å². The van der Waals surface area contributed by atoms with Gasteiger partial charge in [0.1, 0.15) is 11.2 Å². The van der Waals surface area contributed by atoms with Crippen molar-refractivity contribution < 1.29 is 8.83 Å². The van der Waals surface area contributed by atoms with Crippen LogP contribution in [0.4, 0.5) is 0 Å². The highest BCUT2D eigenvalue weighted by Gasteiger charge is 2.18. The largest absolute Gasteiger partial charge is 0.464 e. The van der Waals surface area contributed by atoms with Crippen LogP contribution in [0.25, 0.3) is 21.9 Å². The average molecular weight is 257 g/mol. The van der Waals surface area contributed by atoms with Gasteiger partial charge in [-0.05, 0) is 38.0 Å². The van der Waals surface area contributed by atoms with Gasteiger partial charge in [-0.15, -0.1) is 0 Å². The maximum atomic E-state index is 11.9. The van der Waals surface area contributed by atoms with Gasteiger partial charge >= 0.3 is 5.63 Å². The fourth-order valence-corrected chi connectivity index (χ4v) is 2.76. The first kappa shape index (κ1) is 12.0. The summed E-state index contributed by atoms with van der Waals surface area (Å²) in [6.45, 7) is 6.01. The summed E-state index contributed by atoms with van der Waals surface area (Å²) in [4.78, 5) is 11.9. The van der Waals surface area contributed by atoms with Gasteiger partial charge in [0, 0.05) is 22.9 Å². The highest BCUT2D eigenvalue weighted by molar-refractivity contribution is 6.02. The molecule has 0 aliphatic carbocycles. The van der Waals surface area contributed by atoms with E-state index < -0.39 is 0 Å². The monoisotopic (exact) mass is 257 g/mol. The highest BCUT2D eigenvalue weighted by Crippen LogP contribution is 2.34. The Morgan fingerprint density at radius 1 is 1.11 bits per heavy atom. The normalized spacial score (nSPS) is 11.6. The topological polar surface area (TPSA) is 69.4 Å². The second-order valence-electron chi connectivity index (χ2n) is 4.81. The van der Waals surface area contributed by atoms with E-state index in [4.69, 9.17) is 14.6 Å². The van der Waals surface area contributed by atoms with Crippen molar-refractivity contribution in [1.82, 2.24) is 0 Å². The summed E-state index contributed by atoms with van der Waals surface area (Å²) in [5.74, 6) is 0. The van der Waals surface area contributed by atoms with Gasteiger partial charge in [-0.2, -0.15) is 0 Å². The molecule has 2 heterocycles. The second kappa shape index (κ2) is 3.96. The SMILES string of the molecule is Cc1c2occc2c(C)c2c(C)c(CN)c(=O)oc12. The Bertz CT molecular complexity index is 855. The van der Waals surface area contributed by atoms with Gasteiger partial charge in [0.05, 0.1) is 11.8 Å². The maximum absolute atomic E-state index is 11.9. The molecule has 2 aromatic heterocycles. The summed E-state index contributed by atoms with van der Waals surface area (Å²) in [6.07, 6.45) is 1.65. The number of hydrogen-bond donors (Lipinski definition) is 1. The number of fused-ring (bicyclic) bond motifs is 2. The molecule has 4 nitrogen and oxygen atoms in total. The molecule has 0 saturated carbocycles. The van der Waals surface area contributed by atoms with E-state index in [1.165, 1.54) is 0 Å². The van der Waals surface area contributed by atoms with Crippen LogP contribution in [0.1, 0.15) is 22.3 Å². The van der Waals surface area contributed by atoms with Crippen molar-refractivity contribution >= 4 is 21.9 Å². The zero-order valence-electron chi connectivity index (χ0n) is 11.2. The third-order valence-corrected chi connectivity index (χ3v) is 3.83. The molecular weight excluding hydrogens is 242 g/mol. The lowest BCUT2D eigenvalue weighted by Gasteiger charge is -2.11. The van der Waals surface area contributed by atoms with E-state index in [1.807, 2.05) is 26.8 Å². The molecule has 2 N–H and O–H groups in total. The Hall–Kier alpha value is -2.07. The second-order valence-corrected chi connectivity index (χ2v) is 4.81. The van der Waals surface area contributed by atoms with Crippen LogP contribution in [0, 0.1) is 20.8 Å². The molecular formula is C15H15NO3. The summed E-state index contributed by atoms with van der Waals surface area (Å²) in [7, 11) is 0. The Kier molecular flexibility index (Phi) is 2.50. The van der Waals surface area contributed by atoms with Crippen molar-refractivity contribution in [1.29, 1.82) is 0 Å². The first-order chi connectivity index (χ1) is 9.06.